The van der Waals surface area contributed by atoms with Crippen molar-refractivity contribution in [1.29, 1.82) is 0 Å². The molecule has 2 aliphatic heterocycles. The van der Waals surface area contributed by atoms with Gasteiger partial charge in [-0.25, -0.2) is 14.6 Å². The largest absolute Gasteiger partial charge is 0.399 e. The van der Waals surface area contributed by atoms with Gasteiger partial charge in [-0.2, -0.15) is 0 Å². The fraction of sp³-hybridized carbons (Fsp3) is 0.300. The minimum atomic E-state index is -1.56. The number of esters is 2. The molecular weight excluding hydrogens is 360 g/mol. The molecule has 1 spiro atoms. The number of carbonyl (C=O) groups excluding carboxylic acids is 2. The number of likely N-dealkylation sites (N-methyl/N-ethyl adjacent to an activating group) is 1. The molecule has 144 valence electrons. The fourth-order valence-corrected chi connectivity index (χ4v) is 3.43. The van der Waals surface area contributed by atoms with E-state index in [-0.39, 0.29) is 6.54 Å². The van der Waals surface area contributed by atoms with Crippen molar-refractivity contribution in [2.45, 2.75) is 12.3 Å². The Balaban J connectivity index is 1.71. The number of anilines is 1. The number of hydrogen-bond donors (Lipinski definition) is 0. The van der Waals surface area contributed by atoms with Crippen LogP contribution in [0.3, 0.4) is 0 Å². The van der Waals surface area contributed by atoms with Gasteiger partial charge in [0.25, 0.3) is 0 Å². The van der Waals surface area contributed by atoms with Gasteiger partial charge in [-0.05, 0) is 38.2 Å². The van der Waals surface area contributed by atoms with Gasteiger partial charge in [-0.3, -0.25) is 14.8 Å². The number of aromatic nitrogens is 2. The summed E-state index contributed by atoms with van der Waals surface area (Å²) in [6, 6.07) is 7.56. The summed E-state index contributed by atoms with van der Waals surface area (Å²) in [6.45, 7) is 1.51. The van der Waals surface area contributed by atoms with Gasteiger partial charge < -0.3 is 9.47 Å². The summed E-state index contributed by atoms with van der Waals surface area (Å²) in [6.07, 6.45) is 8.17. The zero-order chi connectivity index (χ0) is 19.6. The van der Waals surface area contributed by atoms with Gasteiger partial charge in [-0.1, -0.05) is 6.07 Å². The molecule has 0 aromatic carbocycles. The van der Waals surface area contributed by atoms with E-state index >= 15 is 0 Å². The van der Waals surface area contributed by atoms with Crippen LogP contribution in [0.1, 0.15) is 6.42 Å². The van der Waals surface area contributed by atoms with Crippen molar-refractivity contribution < 1.29 is 19.1 Å². The van der Waals surface area contributed by atoms with E-state index in [4.69, 9.17) is 9.47 Å². The number of pyridine rings is 2. The number of hydrogen-bond acceptors (Lipinski definition) is 8. The topological polar surface area (TPSA) is 84.9 Å². The summed E-state index contributed by atoms with van der Waals surface area (Å²) in [5, 5.41) is 0. The van der Waals surface area contributed by atoms with Crippen LogP contribution in [0.4, 0.5) is 5.82 Å². The average Bonchev–Trinajstić information content (AvgIpc) is 2.94. The van der Waals surface area contributed by atoms with E-state index in [1.807, 2.05) is 36.2 Å². The van der Waals surface area contributed by atoms with E-state index in [1.165, 1.54) is 0 Å². The molecule has 8 nitrogen and oxygen atoms in total. The third-order valence-electron chi connectivity index (χ3n) is 4.70. The summed E-state index contributed by atoms with van der Waals surface area (Å²) < 4.78 is 11.2. The van der Waals surface area contributed by atoms with Gasteiger partial charge in [0, 0.05) is 48.4 Å². The predicted octanol–water partition coefficient (Wildman–Crippen LogP) is 1.60. The van der Waals surface area contributed by atoms with Crippen LogP contribution in [0.2, 0.25) is 0 Å². The summed E-state index contributed by atoms with van der Waals surface area (Å²) in [4.78, 5) is 36.6. The second kappa shape index (κ2) is 7.40. The maximum atomic E-state index is 12.1. The first kappa shape index (κ1) is 18.1. The molecule has 1 saturated heterocycles. The Morgan fingerprint density at radius 2 is 1.75 bits per heavy atom. The molecule has 0 N–H and O–H groups in total. The molecule has 28 heavy (non-hydrogen) atoms. The van der Waals surface area contributed by atoms with E-state index in [9.17, 15) is 9.59 Å². The van der Waals surface area contributed by atoms with Gasteiger partial charge in [0.15, 0.2) is 0 Å². The zero-order valence-electron chi connectivity index (χ0n) is 15.4. The Morgan fingerprint density at radius 3 is 2.39 bits per heavy atom. The van der Waals surface area contributed by atoms with Crippen molar-refractivity contribution in [3.8, 4) is 11.1 Å². The average molecular weight is 380 g/mol. The molecule has 1 fully saturated rings. The summed E-state index contributed by atoms with van der Waals surface area (Å²) in [5.41, 5.74) is 1.86. The van der Waals surface area contributed by atoms with Crippen molar-refractivity contribution in [1.82, 2.24) is 14.9 Å². The quantitative estimate of drug-likeness (QED) is 0.727. The lowest BCUT2D eigenvalue weighted by atomic mass is 10.1. The van der Waals surface area contributed by atoms with Crippen LogP contribution in [0, 0.1) is 0 Å². The monoisotopic (exact) mass is 380 g/mol. The van der Waals surface area contributed by atoms with Crippen LogP contribution in [-0.2, 0) is 19.1 Å². The highest BCUT2D eigenvalue weighted by molar-refractivity contribution is 5.93. The molecule has 4 heterocycles. The van der Waals surface area contributed by atoms with Crippen molar-refractivity contribution in [2.24, 2.45) is 0 Å². The summed E-state index contributed by atoms with van der Waals surface area (Å²) in [5.74, 6) is -2.26. The molecule has 0 bridgehead atoms. The highest BCUT2D eigenvalue weighted by Crippen LogP contribution is 2.31. The van der Waals surface area contributed by atoms with Crippen molar-refractivity contribution in [2.75, 3.05) is 31.6 Å². The lowest BCUT2D eigenvalue weighted by molar-refractivity contribution is -0.223. The Bertz CT molecular complexity index is 878. The molecule has 0 saturated carbocycles. The van der Waals surface area contributed by atoms with Crippen LogP contribution in [0.5, 0.6) is 0 Å². The van der Waals surface area contributed by atoms with Crippen LogP contribution >= 0.6 is 0 Å². The summed E-state index contributed by atoms with van der Waals surface area (Å²) in [7, 11) is 1.89. The van der Waals surface area contributed by atoms with Crippen LogP contribution in [0.25, 0.3) is 11.1 Å². The molecule has 8 heteroatoms. The van der Waals surface area contributed by atoms with Gasteiger partial charge in [0.2, 0.25) is 0 Å². The highest BCUT2D eigenvalue weighted by Gasteiger charge is 2.48. The molecule has 0 radical (unpaired) electrons. The van der Waals surface area contributed by atoms with Crippen LogP contribution in [-0.4, -0.2) is 59.4 Å². The molecule has 0 aliphatic carbocycles. The first-order valence-electron chi connectivity index (χ1n) is 9.02. The summed E-state index contributed by atoms with van der Waals surface area (Å²) >= 11 is 0. The van der Waals surface area contributed by atoms with Gasteiger partial charge in [0.05, 0.1) is 6.54 Å². The second-order valence-corrected chi connectivity index (χ2v) is 6.78. The van der Waals surface area contributed by atoms with E-state index in [2.05, 4.69) is 9.97 Å². The van der Waals surface area contributed by atoms with E-state index in [1.54, 1.807) is 23.5 Å². The van der Waals surface area contributed by atoms with Crippen molar-refractivity contribution >= 4 is 17.8 Å². The Morgan fingerprint density at radius 1 is 1.00 bits per heavy atom. The fourth-order valence-electron chi connectivity index (χ4n) is 3.43. The maximum Gasteiger partial charge on any atom is 0.357 e. The molecule has 0 unspecified atom stereocenters. The molecule has 4 rings (SSSR count). The molecule has 2 aliphatic rings. The molecule has 2 aromatic rings. The van der Waals surface area contributed by atoms with Gasteiger partial charge in [-0.15, -0.1) is 0 Å². The minimum Gasteiger partial charge on any atom is -0.399 e. The maximum absolute atomic E-state index is 12.1. The van der Waals surface area contributed by atoms with Crippen LogP contribution in [0.15, 0.2) is 55.0 Å². The van der Waals surface area contributed by atoms with E-state index < -0.39 is 17.8 Å². The lowest BCUT2D eigenvalue weighted by Crippen LogP contribution is -2.59. The predicted molar refractivity (Wildman–Crippen MR) is 101 cm³/mol. The zero-order valence-corrected chi connectivity index (χ0v) is 15.4. The Hall–Kier alpha value is -3.26. The molecular formula is C20H20N4O4. The third-order valence-corrected chi connectivity index (χ3v) is 4.70. The van der Waals surface area contributed by atoms with Crippen molar-refractivity contribution in [3.05, 3.63) is 55.0 Å². The number of carbonyl (C=O) groups is 2. The van der Waals surface area contributed by atoms with Gasteiger partial charge >= 0.3 is 17.8 Å². The van der Waals surface area contributed by atoms with Crippen molar-refractivity contribution in [3.63, 3.8) is 0 Å². The first-order chi connectivity index (χ1) is 13.6. The van der Waals surface area contributed by atoms with Gasteiger partial charge in [0.1, 0.15) is 5.82 Å². The Labute approximate surface area is 162 Å². The minimum absolute atomic E-state index is 0.220. The Kier molecular flexibility index (Phi) is 4.79. The smallest absolute Gasteiger partial charge is 0.357 e. The highest BCUT2D eigenvalue weighted by atomic mass is 16.8. The number of ether oxygens (including phenoxy) is 2. The van der Waals surface area contributed by atoms with E-state index in [0.717, 1.165) is 36.2 Å². The number of rotatable bonds is 2. The first-order valence-corrected chi connectivity index (χ1v) is 9.02. The lowest BCUT2D eigenvalue weighted by Gasteiger charge is -2.40. The second-order valence-electron chi connectivity index (χ2n) is 6.78. The standard InChI is InChI=1S/C20H20N4O4/c1-23-10-3-11-24(20(14-23)27-18(25)7-8-19(26)28-20)17-6-5-16(13-22-17)15-4-2-9-21-12-15/h2,4-9,12-13H,3,10-11,14H2,1H3. The van der Waals surface area contributed by atoms with E-state index in [0.29, 0.717) is 12.4 Å². The SMILES string of the molecule is CN1CCCN(c2ccc(-c3cccnc3)cn2)C2(C1)OC(=O)C=CC(=O)O2. The normalized spacial score (nSPS) is 19.7. The molecule has 0 amide bonds. The molecule has 2 aromatic heterocycles. The number of nitrogens with zero attached hydrogens (tertiary/aromatic N) is 4. The third kappa shape index (κ3) is 3.59. The van der Waals surface area contributed by atoms with Crippen LogP contribution < -0.4 is 4.90 Å². The molecule has 0 atom stereocenters.